The topological polar surface area (TPSA) is 12.0 Å². The number of likely N-dealkylation sites (N-methyl/N-ethyl adjacent to an activating group) is 1. The molecule has 1 nitrogen and oxygen atoms in total. The standard InChI is InChI=1S/C16H27N/c1-12(2)10-14(4)16(11-17-5)15-9-7-6-8-13(15)3/h6-9,12,14,16-17H,10-11H2,1-5H3. The monoisotopic (exact) mass is 233 g/mol. The molecule has 2 unspecified atom stereocenters. The van der Waals surface area contributed by atoms with Gasteiger partial charge in [0.05, 0.1) is 0 Å². The third kappa shape index (κ3) is 4.16. The summed E-state index contributed by atoms with van der Waals surface area (Å²) in [5, 5.41) is 3.35. The van der Waals surface area contributed by atoms with Crippen LogP contribution in [-0.2, 0) is 0 Å². The molecule has 0 aromatic heterocycles. The maximum absolute atomic E-state index is 3.35. The van der Waals surface area contributed by atoms with Crippen LogP contribution < -0.4 is 5.32 Å². The average Bonchev–Trinajstić information content (AvgIpc) is 2.26. The number of benzene rings is 1. The van der Waals surface area contributed by atoms with E-state index in [-0.39, 0.29) is 0 Å². The van der Waals surface area contributed by atoms with E-state index in [9.17, 15) is 0 Å². The van der Waals surface area contributed by atoms with Crippen LogP contribution in [0.2, 0.25) is 0 Å². The predicted octanol–water partition coefficient (Wildman–Crippen LogP) is 3.98. The van der Waals surface area contributed by atoms with Crippen molar-refractivity contribution in [3.63, 3.8) is 0 Å². The Morgan fingerprint density at radius 2 is 1.76 bits per heavy atom. The molecule has 0 aliphatic heterocycles. The highest BCUT2D eigenvalue weighted by Crippen LogP contribution is 2.30. The lowest BCUT2D eigenvalue weighted by molar-refractivity contribution is 0.365. The van der Waals surface area contributed by atoms with Crippen LogP contribution in [0.15, 0.2) is 24.3 Å². The van der Waals surface area contributed by atoms with Gasteiger partial charge in [0.1, 0.15) is 0 Å². The minimum absolute atomic E-state index is 0.628. The van der Waals surface area contributed by atoms with Gasteiger partial charge in [-0.1, -0.05) is 45.0 Å². The molecular formula is C16H27N. The smallest absolute Gasteiger partial charge is 0.00198 e. The van der Waals surface area contributed by atoms with Crippen LogP contribution in [0.4, 0.5) is 0 Å². The van der Waals surface area contributed by atoms with E-state index in [1.807, 2.05) is 7.05 Å². The van der Waals surface area contributed by atoms with Gasteiger partial charge in [0.2, 0.25) is 0 Å². The lowest BCUT2D eigenvalue weighted by Gasteiger charge is -2.27. The molecule has 0 amide bonds. The van der Waals surface area contributed by atoms with Crippen LogP contribution in [0, 0.1) is 18.8 Å². The highest BCUT2D eigenvalue weighted by atomic mass is 14.8. The van der Waals surface area contributed by atoms with Gasteiger partial charge in [0.15, 0.2) is 0 Å². The van der Waals surface area contributed by atoms with E-state index in [1.54, 1.807) is 0 Å². The molecule has 0 radical (unpaired) electrons. The van der Waals surface area contributed by atoms with Gasteiger partial charge < -0.3 is 5.32 Å². The van der Waals surface area contributed by atoms with Gasteiger partial charge in [0.25, 0.3) is 0 Å². The number of aryl methyl sites for hydroxylation is 1. The van der Waals surface area contributed by atoms with Crippen molar-refractivity contribution in [1.82, 2.24) is 5.32 Å². The molecule has 1 N–H and O–H groups in total. The minimum Gasteiger partial charge on any atom is -0.319 e. The summed E-state index contributed by atoms with van der Waals surface area (Å²) < 4.78 is 0. The SMILES string of the molecule is CNCC(c1ccccc1C)C(C)CC(C)C. The van der Waals surface area contributed by atoms with E-state index >= 15 is 0 Å². The molecular weight excluding hydrogens is 206 g/mol. The van der Waals surface area contributed by atoms with Gasteiger partial charge in [-0.2, -0.15) is 0 Å². The predicted molar refractivity (Wildman–Crippen MR) is 76.5 cm³/mol. The molecule has 96 valence electrons. The van der Waals surface area contributed by atoms with Crippen molar-refractivity contribution in [1.29, 1.82) is 0 Å². The number of hydrogen-bond donors (Lipinski definition) is 1. The van der Waals surface area contributed by atoms with Crippen molar-refractivity contribution in [2.45, 2.75) is 40.0 Å². The summed E-state index contributed by atoms with van der Waals surface area (Å²) in [6.45, 7) is 10.3. The first-order valence-electron chi connectivity index (χ1n) is 6.76. The molecule has 0 saturated heterocycles. The fourth-order valence-corrected chi connectivity index (χ4v) is 2.75. The summed E-state index contributed by atoms with van der Waals surface area (Å²) in [5.41, 5.74) is 2.93. The van der Waals surface area contributed by atoms with Crippen molar-refractivity contribution in [2.24, 2.45) is 11.8 Å². The Morgan fingerprint density at radius 3 is 2.29 bits per heavy atom. The van der Waals surface area contributed by atoms with Crippen LogP contribution in [-0.4, -0.2) is 13.6 Å². The second-order valence-corrected chi connectivity index (χ2v) is 5.63. The zero-order valence-corrected chi connectivity index (χ0v) is 12.0. The van der Waals surface area contributed by atoms with E-state index in [0.717, 1.165) is 18.4 Å². The Balaban J connectivity index is 2.88. The van der Waals surface area contributed by atoms with Gasteiger partial charge in [-0.25, -0.2) is 0 Å². The molecule has 0 spiro atoms. The van der Waals surface area contributed by atoms with Crippen LogP contribution >= 0.6 is 0 Å². The summed E-state index contributed by atoms with van der Waals surface area (Å²) in [7, 11) is 2.05. The van der Waals surface area contributed by atoms with Gasteiger partial charge in [0, 0.05) is 6.54 Å². The van der Waals surface area contributed by atoms with Gasteiger partial charge in [-0.15, -0.1) is 0 Å². The Kier molecular flexibility index (Phi) is 5.70. The molecule has 0 saturated carbocycles. The molecule has 2 atom stereocenters. The Bertz CT molecular complexity index is 330. The average molecular weight is 233 g/mol. The lowest BCUT2D eigenvalue weighted by atomic mass is 9.81. The highest BCUT2D eigenvalue weighted by Gasteiger charge is 2.20. The van der Waals surface area contributed by atoms with E-state index < -0.39 is 0 Å². The van der Waals surface area contributed by atoms with Crippen LogP contribution in [0.5, 0.6) is 0 Å². The molecule has 17 heavy (non-hydrogen) atoms. The Morgan fingerprint density at radius 1 is 1.12 bits per heavy atom. The molecule has 0 bridgehead atoms. The normalized spacial score (nSPS) is 14.9. The van der Waals surface area contributed by atoms with Crippen molar-refractivity contribution >= 4 is 0 Å². The molecule has 1 rings (SSSR count). The van der Waals surface area contributed by atoms with Crippen LogP contribution in [0.3, 0.4) is 0 Å². The second kappa shape index (κ2) is 6.80. The number of hydrogen-bond acceptors (Lipinski definition) is 1. The van der Waals surface area contributed by atoms with Crippen molar-refractivity contribution < 1.29 is 0 Å². The first kappa shape index (κ1) is 14.2. The summed E-state index contributed by atoms with van der Waals surface area (Å²) >= 11 is 0. The number of rotatable bonds is 6. The van der Waals surface area contributed by atoms with E-state index in [4.69, 9.17) is 0 Å². The summed E-state index contributed by atoms with van der Waals surface area (Å²) in [6, 6.07) is 8.80. The molecule has 1 aromatic carbocycles. The third-order valence-electron chi connectivity index (χ3n) is 3.54. The summed E-state index contributed by atoms with van der Waals surface area (Å²) in [5.74, 6) is 2.13. The van der Waals surface area contributed by atoms with Crippen LogP contribution in [0.25, 0.3) is 0 Å². The second-order valence-electron chi connectivity index (χ2n) is 5.63. The summed E-state index contributed by atoms with van der Waals surface area (Å²) in [4.78, 5) is 0. The molecule has 0 fully saturated rings. The van der Waals surface area contributed by atoms with E-state index in [0.29, 0.717) is 5.92 Å². The maximum atomic E-state index is 3.35. The molecule has 1 aromatic rings. The van der Waals surface area contributed by atoms with Crippen molar-refractivity contribution in [3.8, 4) is 0 Å². The van der Waals surface area contributed by atoms with Gasteiger partial charge in [-0.05, 0) is 49.3 Å². The summed E-state index contributed by atoms with van der Waals surface area (Å²) in [6.07, 6.45) is 1.29. The van der Waals surface area contributed by atoms with Crippen molar-refractivity contribution in [3.05, 3.63) is 35.4 Å². The first-order valence-corrected chi connectivity index (χ1v) is 6.76. The van der Waals surface area contributed by atoms with Crippen LogP contribution in [0.1, 0.15) is 44.2 Å². The Hall–Kier alpha value is -0.820. The largest absolute Gasteiger partial charge is 0.319 e. The van der Waals surface area contributed by atoms with Crippen molar-refractivity contribution in [2.75, 3.05) is 13.6 Å². The lowest BCUT2D eigenvalue weighted by Crippen LogP contribution is -2.24. The molecule has 0 aliphatic carbocycles. The van der Waals surface area contributed by atoms with E-state index in [2.05, 4.69) is 57.3 Å². The quantitative estimate of drug-likeness (QED) is 0.783. The number of nitrogens with one attached hydrogen (secondary N) is 1. The zero-order valence-electron chi connectivity index (χ0n) is 12.0. The third-order valence-corrected chi connectivity index (χ3v) is 3.54. The first-order chi connectivity index (χ1) is 8.06. The molecule has 1 heteroatoms. The van der Waals surface area contributed by atoms with Gasteiger partial charge >= 0.3 is 0 Å². The van der Waals surface area contributed by atoms with E-state index in [1.165, 1.54) is 17.5 Å². The Labute approximate surface area is 107 Å². The highest BCUT2D eigenvalue weighted by molar-refractivity contribution is 5.30. The minimum atomic E-state index is 0.628. The zero-order chi connectivity index (χ0) is 12.8. The maximum Gasteiger partial charge on any atom is 0.00198 e. The molecule has 0 aliphatic rings. The fourth-order valence-electron chi connectivity index (χ4n) is 2.75. The molecule has 0 heterocycles. The fraction of sp³-hybridized carbons (Fsp3) is 0.625. The van der Waals surface area contributed by atoms with Gasteiger partial charge in [-0.3, -0.25) is 0 Å².